The number of carboxylic acid groups (broad SMARTS) is 1. The topological polar surface area (TPSA) is 79.3 Å². The molecular weight excluding hydrogens is 359 g/mol. The maximum Gasteiger partial charge on any atom is 0.303 e. The van der Waals surface area contributed by atoms with Crippen LogP contribution >= 0.6 is 34.5 Å². The number of carbonyl (C=O) groups is 2. The number of halogens is 2. The van der Waals surface area contributed by atoms with Crippen LogP contribution in [0.2, 0.25) is 10.0 Å². The molecule has 5 nitrogen and oxygen atoms in total. The molecule has 0 fully saturated rings. The van der Waals surface area contributed by atoms with Crippen molar-refractivity contribution >= 4 is 46.4 Å². The number of rotatable bonds is 7. The molecule has 8 heteroatoms. The van der Waals surface area contributed by atoms with Crippen molar-refractivity contribution < 1.29 is 14.7 Å². The van der Waals surface area contributed by atoms with Crippen molar-refractivity contribution in [1.82, 2.24) is 10.3 Å². The Morgan fingerprint density at radius 3 is 2.74 bits per heavy atom. The molecule has 2 aromatic rings. The first kappa shape index (κ1) is 17.7. The third-order valence-electron chi connectivity index (χ3n) is 3.00. The lowest BCUT2D eigenvalue weighted by molar-refractivity contribution is -0.137. The first-order chi connectivity index (χ1) is 11.0. The molecule has 0 saturated heterocycles. The summed E-state index contributed by atoms with van der Waals surface area (Å²) in [5, 5.41) is 14.6. The molecule has 0 aliphatic carbocycles. The average molecular weight is 373 g/mol. The van der Waals surface area contributed by atoms with Crippen LogP contribution in [0.4, 0.5) is 0 Å². The van der Waals surface area contributed by atoms with E-state index in [1.165, 1.54) is 11.3 Å². The smallest absolute Gasteiger partial charge is 0.303 e. The van der Waals surface area contributed by atoms with Crippen molar-refractivity contribution in [2.24, 2.45) is 0 Å². The molecule has 0 saturated carbocycles. The normalized spacial score (nSPS) is 10.5. The number of unbranched alkanes of at least 4 members (excludes halogenated alkanes) is 1. The summed E-state index contributed by atoms with van der Waals surface area (Å²) in [4.78, 5) is 26.7. The SMILES string of the molecule is O=C(O)CCCCNC(=O)c1csc(-c2ccc(Cl)cc2Cl)n1. The number of carbonyl (C=O) groups excluding carboxylic acids is 1. The van der Waals surface area contributed by atoms with Crippen molar-refractivity contribution in [2.75, 3.05) is 6.54 Å². The molecule has 0 radical (unpaired) electrons. The lowest BCUT2D eigenvalue weighted by Gasteiger charge is -2.02. The minimum absolute atomic E-state index is 0.103. The Morgan fingerprint density at radius 2 is 2.04 bits per heavy atom. The lowest BCUT2D eigenvalue weighted by Crippen LogP contribution is -2.24. The minimum atomic E-state index is -0.833. The third-order valence-corrected chi connectivity index (χ3v) is 4.42. The average Bonchev–Trinajstić information content (AvgIpc) is 2.96. The van der Waals surface area contributed by atoms with Gasteiger partial charge in [-0.3, -0.25) is 9.59 Å². The number of hydrogen-bond acceptors (Lipinski definition) is 4. The van der Waals surface area contributed by atoms with E-state index in [2.05, 4.69) is 10.3 Å². The fourth-order valence-electron chi connectivity index (χ4n) is 1.86. The zero-order valence-electron chi connectivity index (χ0n) is 12.0. The number of hydrogen-bond donors (Lipinski definition) is 2. The third kappa shape index (κ3) is 5.20. The molecule has 0 unspecified atom stereocenters. The van der Waals surface area contributed by atoms with Gasteiger partial charge in [-0.05, 0) is 31.0 Å². The Hall–Kier alpha value is -1.63. The number of amides is 1. The first-order valence-electron chi connectivity index (χ1n) is 6.88. The molecule has 1 aromatic carbocycles. The van der Waals surface area contributed by atoms with E-state index >= 15 is 0 Å². The van der Waals surface area contributed by atoms with Gasteiger partial charge in [0, 0.05) is 28.9 Å². The Bertz CT molecular complexity index is 718. The predicted molar refractivity (Wildman–Crippen MR) is 91.4 cm³/mol. The monoisotopic (exact) mass is 372 g/mol. The van der Waals surface area contributed by atoms with Crippen LogP contribution in [-0.2, 0) is 4.79 Å². The van der Waals surface area contributed by atoms with Crippen LogP contribution < -0.4 is 5.32 Å². The summed E-state index contributed by atoms with van der Waals surface area (Å²) in [5.74, 6) is -1.12. The molecule has 0 atom stereocenters. The summed E-state index contributed by atoms with van der Waals surface area (Å²) < 4.78 is 0. The summed E-state index contributed by atoms with van der Waals surface area (Å²) in [6.45, 7) is 0.417. The van der Waals surface area contributed by atoms with Crippen molar-refractivity contribution in [3.8, 4) is 10.6 Å². The second-order valence-corrected chi connectivity index (χ2v) is 6.47. The van der Waals surface area contributed by atoms with Gasteiger partial charge in [0.25, 0.3) is 5.91 Å². The van der Waals surface area contributed by atoms with E-state index < -0.39 is 5.97 Å². The largest absolute Gasteiger partial charge is 0.481 e. The fourth-order valence-corrected chi connectivity index (χ4v) is 3.25. The highest BCUT2D eigenvalue weighted by Gasteiger charge is 2.13. The number of nitrogens with zero attached hydrogens (tertiary/aromatic N) is 1. The molecule has 0 aliphatic heterocycles. The molecule has 2 rings (SSSR count). The van der Waals surface area contributed by atoms with E-state index in [0.29, 0.717) is 40.1 Å². The number of nitrogens with one attached hydrogen (secondary N) is 1. The van der Waals surface area contributed by atoms with Gasteiger partial charge in [0.05, 0.1) is 5.02 Å². The summed E-state index contributed by atoms with van der Waals surface area (Å²) in [7, 11) is 0. The zero-order chi connectivity index (χ0) is 16.8. The van der Waals surface area contributed by atoms with E-state index in [1.807, 2.05) is 0 Å². The Balaban J connectivity index is 1.93. The summed E-state index contributed by atoms with van der Waals surface area (Å²) in [6, 6.07) is 5.10. The molecule has 0 bridgehead atoms. The Morgan fingerprint density at radius 1 is 1.26 bits per heavy atom. The molecule has 1 heterocycles. The maximum atomic E-state index is 12.0. The molecule has 23 heavy (non-hydrogen) atoms. The molecule has 1 aromatic heterocycles. The molecule has 0 spiro atoms. The van der Waals surface area contributed by atoms with E-state index in [9.17, 15) is 9.59 Å². The highest BCUT2D eigenvalue weighted by molar-refractivity contribution is 7.13. The summed E-state index contributed by atoms with van der Waals surface area (Å²) in [6.07, 6.45) is 1.24. The Labute approximate surface area is 147 Å². The fraction of sp³-hybridized carbons (Fsp3) is 0.267. The van der Waals surface area contributed by atoms with Gasteiger partial charge >= 0.3 is 5.97 Å². The van der Waals surface area contributed by atoms with Gasteiger partial charge in [0.1, 0.15) is 10.7 Å². The van der Waals surface area contributed by atoms with Gasteiger partial charge in [-0.1, -0.05) is 23.2 Å². The standard InChI is InChI=1S/C15H14Cl2N2O3S/c16-9-4-5-10(11(17)7-9)15-19-12(8-23-15)14(22)18-6-2-1-3-13(20)21/h4-5,7-8H,1-3,6H2,(H,18,22)(H,20,21). The number of thiazole rings is 1. The lowest BCUT2D eigenvalue weighted by atomic mass is 10.2. The second-order valence-electron chi connectivity index (χ2n) is 4.77. The highest BCUT2D eigenvalue weighted by Crippen LogP contribution is 2.32. The van der Waals surface area contributed by atoms with Crippen LogP contribution in [0.5, 0.6) is 0 Å². The van der Waals surface area contributed by atoms with Crippen LogP contribution in [0.1, 0.15) is 29.8 Å². The van der Waals surface area contributed by atoms with E-state index in [0.717, 1.165) is 5.56 Å². The second kappa shape index (κ2) is 8.29. The van der Waals surface area contributed by atoms with Crippen LogP contribution in [0.15, 0.2) is 23.6 Å². The van der Waals surface area contributed by atoms with Gasteiger partial charge in [-0.15, -0.1) is 11.3 Å². The maximum absolute atomic E-state index is 12.0. The first-order valence-corrected chi connectivity index (χ1v) is 8.52. The summed E-state index contributed by atoms with van der Waals surface area (Å²) in [5.41, 5.74) is 1.04. The predicted octanol–water partition coefficient (Wildman–Crippen LogP) is 4.10. The quantitative estimate of drug-likeness (QED) is 0.716. The number of aromatic nitrogens is 1. The zero-order valence-corrected chi connectivity index (χ0v) is 14.3. The van der Waals surface area contributed by atoms with Crippen LogP contribution in [0.25, 0.3) is 10.6 Å². The van der Waals surface area contributed by atoms with Crippen LogP contribution in [0.3, 0.4) is 0 Å². The summed E-state index contributed by atoms with van der Waals surface area (Å²) >= 11 is 13.3. The molecule has 0 aliphatic rings. The molecule has 1 amide bonds. The van der Waals surface area contributed by atoms with Gasteiger partial charge in [0.15, 0.2) is 0 Å². The van der Waals surface area contributed by atoms with E-state index in [1.54, 1.807) is 23.6 Å². The number of benzene rings is 1. The van der Waals surface area contributed by atoms with Crippen molar-refractivity contribution in [3.05, 3.63) is 39.3 Å². The van der Waals surface area contributed by atoms with Gasteiger partial charge < -0.3 is 10.4 Å². The van der Waals surface area contributed by atoms with Crippen LogP contribution in [0, 0.1) is 0 Å². The number of carboxylic acids is 1. The van der Waals surface area contributed by atoms with Gasteiger partial charge in [-0.2, -0.15) is 0 Å². The van der Waals surface area contributed by atoms with Crippen molar-refractivity contribution in [3.63, 3.8) is 0 Å². The number of aliphatic carboxylic acids is 1. The van der Waals surface area contributed by atoms with Crippen molar-refractivity contribution in [2.45, 2.75) is 19.3 Å². The van der Waals surface area contributed by atoms with E-state index in [4.69, 9.17) is 28.3 Å². The van der Waals surface area contributed by atoms with Gasteiger partial charge in [0.2, 0.25) is 0 Å². The van der Waals surface area contributed by atoms with Gasteiger partial charge in [-0.25, -0.2) is 4.98 Å². The molecule has 122 valence electrons. The highest BCUT2D eigenvalue weighted by atomic mass is 35.5. The Kier molecular flexibility index (Phi) is 6.38. The minimum Gasteiger partial charge on any atom is -0.481 e. The van der Waals surface area contributed by atoms with E-state index in [-0.39, 0.29) is 12.3 Å². The van der Waals surface area contributed by atoms with Crippen molar-refractivity contribution in [1.29, 1.82) is 0 Å². The van der Waals surface area contributed by atoms with Crippen LogP contribution in [-0.4, -0.2) is 28.5 Å². The molecular formula is C15H14Cl2N2O3S. The molecule has 2 N–H and O–H groups in total.